The van der Waals surface area contributed by atoms with Gasteiger partial charge in [0.1, 0.15) is 6.10 Å². The minimum Gasteiger partial charge on any atom is -0.388 e. The fourth-order valence-electron chi connectivity index (χ4n) is 1.35. The van der Waals surface area contributed by atoms with E-state index in [2.05, 4.69) is 6.92 Å². The van der Waals surface area contributed by atoms with Crippen LogP contribution >= 0.6 is 0 Å². The van der Waals surface area contributed by atoms with Gasteiger partial charge in [-0.15, -0.1) is 0 Å². The first kappa shape index (κ1) is 8.97. The van der Waals surface area contributed by atoms with Crippen LogP contribution in [0, 0.1) is 0 Å². The van der Waals surface area contributed by atoms with Crippen molar-refractivity contribution in [3.8, 4) is 0 Å². The van der Waals surface area contributed by atoms with E-state index >= 15 is 0 Å². The molecule has 0 aliphatic carbocycles. The van der Waals surface area contributed by atoms with Gasteiger partial charge in [-0.2, -0.15) is 0 Å². The van der Waals surface area contributed by atoms with E-state index in [4.69, 9.17) is 14.9 Å². The lowest BCUT2D eigenvalue weighted by molar-refractivity contribution is -0.127. The molecular formula is C8H16O3. The van der Waals surface area contributed by atoms with E-state index in [1.54, 1.807) is 0 Å². The van der Waals surface area contributed by atoms with Gasteiger partial charge in [0.15, 0.2) is 6.29 Å². The van der Waals surface area contributed by atoms with Crippen molar-refractivity contribution in [3.05, 3.63) is 0 Å². The summed E-state index contributed by atoms with van der Waals surface area (Å²) in [6, 6.07) is 0. The van der Waals surface area contributed by atoms with Gasteiger partial charge in [-0.3, -0.25) is 0 Å². The number of unbranched alkanes of at least 4 members (excludes halogenated alkanes) is 1. The number of rotatable bonds is 3. The van der Waals surface area contributed by atoms with E-state index in [0.29, 0.717) is 6.42 Å². The van der Waals surface area contributed by atoms with Crippen LogP contribution in [0.5, 0.6) is 0 Å². The van der Waals surface area contributed by atoms with Crippen LogP contribution in [-0.2, 0) is 4.74 Å². The van der Waals surface area contributed by atoms with Crippen LogP contribution in [-0.4, -0.2) is 28.7 Å². The summed E-state index contributed by atoms with van der Waals surface area (Å²) in [5.41, 5.74) is 0. The van der Waals surface area contributed by atoms with Gasteiger partial charge in [0.05, 0.1) is 6.10 Å². The van der Waals surface area contributed by atoms with Crippen molar-refractivity contribution >= 4 is 0 Å². The summed E-state index contributed by atoms with van der Waals surface area (Å²) < 4.78 is 5.08. The first-order valence-electron chi connectivity index (χ1n) is 4.25. The summed E-state index contributed by atoms with van der Waals surface area (Å²) in [6.07, 6.45) is 2.22. The Morgan fingerprint density at radius 3 is 2.64 bits per heavy atom. The molecule has 3 nitrogen and oxygen atoms in total. The molecule has 2 N–H and O–H groups in total. The van der Waals surface area contributed by atoms with E-state index < -0.39 is 12.4 Å². The Morgan fingerprint density at radius 1 is 1.45 bits per heavy atom. The predicted octanol–water partition coefficient (Wildman–Crippen LogP) is 0.645. The van der Waals surface area contributed by atoms with Gasteiger partial charge in [-0.1, -0.05) is 19.8 Å². The summed E-state index contributed by atoms with van der Waals surface area (Å²) >= 11 is 0. The van der Waals surface area contributed by atoms with Crippen molar-refractivity contribution in [2.24, 2.45) is 0 Å². The molecule has 1 rings (SSSR count). The predicted molar refractivity (Wildman–Crippen MR) is 41.0 cm³/mol. The van der Waals surface area contributed by atoms with E-state index in [9.17, 15) is 0 Å². The van der Waals surface area contributed by atoms with Crippen LogP contribution in [0.25, 0.3) is 0 Å². The summed E-state index contributed by atoms with van der Waals surface area (Å²) in [7, 11) is 0. The van der Waals surface area contributed by atoms with Crippen LogP contribution in [0.4, 0.5) is 0 Å². The van der Waals surface area contributed by atoms with Crippen LogP contribution in [0.3, 0.4) is 0 Å². The van der Waals surface area contributed by atoms with E-state index in [1.807, 2.05) is 0 Å². The lowest BCUT2D eigenvalue weighted by atomic mass is 10.1. The monoisotopic (exact) mass is 160 g/mol. The molecule has 0 aromatic heterocycles. The summed E-state index contributed by atoms with van der Waals surface area (Å²) in [5, 5.41) is 18.1. The Hall–Kier alpha value is -0.120. The molecule has 1 saturated heterocycles. The maximum atomic E-state index is 9.09. The molecule has 1 aliphatic rings. The highest BCUT2D eigenvalue weighted by Gasteiger charge is 2.31. The summed E-state index contributed by atoms with van der Waals surface area (Å²) in [4.78, 5) is 0. The molecule has 3 atom stereocenters. The highest BCUT2D eigenvalue weighted by atomic mass is 16.6. The first-order valence-corrected chi connectivity index (χ1v) is 4.25. The molecule has 1 unspecified atom stereocenters. The topological polar surface area (TPSA) is 49.7 Å². The zero-order valence-electron chi connectivity index (χ0n) is 6.86. The molecular weight excluding hydrogens is 144 g/mol. The molecule has 3 heteroatoms. The largest absolute Gasteiger partial charge is 0.388 e. The highest BCUT2D eigenvalue weighted by Crippen LogP contribution is 2.22. The van der Waals surface area contributed by atoms with Crippen molar-refractivity contribution in [1.29, 1.82) is 0 Å². The molecule has 0 saturated carbocycles. The Bertz CT molecular complexity index is 106. The Morgan fingerprint density at radius 2 is 2.18 bits per heavy atom. The van der Waals surface area contributed by atoms with E-state index in [0.717, 1.165) is 19.3 Å². The number of hydrogen-bond acceptors (Lipinski definition) is 3. The Balaban J connectivity index is 2.18. The van der Waals surface area contributed by atoms with Crippen LogP contribution < -0.4 is 0 Å². The second-order valence-corrected chi connectivity index (χ2v) is 3.09. The van der Waals surface area contributed by atoms with Crippen molar-refractivity contribution < 1.29 is 14.9 Å². The van der Waals surface area contributed by atoms with E-state index in [1.165, 1.54) is 0 Å². The van der Waals surface area contributed by atoms with Crippen LogP contribution in [0.1, 0.15) is 32.6 Å². The SMILES string of the molecule is CCCC[C@@H]1C[C@@H](O)C(O)O1. The minimum absolute atomic E-state index is 0.0694. The summed E-state index contributed by atoms with van der Waals surface area (Å²) in [6.45, 7) is 2.11. The van der Waals surface area contributed by atoms with Crippen LogP contribution in [0.15, 0.2) is 0 Å². The maximum absolute atomic E-state index is 9.09. The summed E-state index contributed by atoms with van der Waals surface area (Å²) in [5.74, 6) is 0. The van der Waals surface area contributed by atoms with Crippen LogP contribution in [0.2, 0.25) is 0 Å². The zero-order valence-corrected chi connectivity index (χ0v) is 6.86. The molecule has 0 amide bonds. The molecule has 66 valence electrons. The quantitative estimate of drug-likeness (QED) is 0.637. The van der Waals surface area contributed by atoms with Gasteiger partial charge >= 0.3 is 0 Å². The lowest BCUT2D eigenvalue weighted by Crippen LogP contribution is -2.19. The molecule has 11 heavy (non-hydrogen) atoms. The smallest absolute Gasteiger partial charge is 0.181 e. The molecule has 1 fully saturated rings. The van der Waals surface area contributed by atoms with Gasteiger partial charge < -0.3 is 14.9 Å². The molecule has 0 aromatic carbocycles. The third-order valence-corrected chi connectivity index (χ3v) is 2.05. The van der Waals surface area contributed by atoms with Crippen molar-refractivity contribution in [2.45, 2.75) is 51.1 Å². The van der Waals surface area contributed by atoms with E-state index in [-0.39, 0.29) is 6.10 Å². The third kappa shape index (κ3) is 2.43. The first-order chi connectivity index (χ1) is 5.24. The number of aliphatic hydroxyl groups is 2. The van der Waals surface area contributed by atoms with Gasteiger partial charge in [0.2, 0.25) is 0 Å². The van der Waals surface area contributed by atoms with Gasteiger partial charge in [-0.25, -0.2) is 0 Å². The third-order valence-electron chi connectivity index (χ3n) is 2.05. The fourth-order valence-corrected chi connectivity index (χ4v) is 1.35. The zero-order chi connectivity index (χ0) is 8.27. The second kappa shape index (κ2) is 4.04. The Kier molecular flexibility index (Phi) is 3.30. The highest BCUT2D eigenvalue weighted by molar-refractivity contribution is 4.75. The molecule has 0 aromatic rings. The molecule has 1 aliphatic heterocycles. The molecule has 1 heterocycles. The Labute approximate surface area is 67.0 Å². The van der Waals surface area contributed by atoms with Crippen molar-refractivity contribution in [2.75, 3.05) is 0 Å². The maximum Gasteiger partial charge on any atom is 0.181 e. The van der Waals surface area contributed by atoms with Gasteiger partial charge in [0.25, 0.3) is 0 Å². The van der Waals surface area contributed by atoms with Gasteiger partial charge in [-0.05, 0) is 6.42 Å². The van der Waals surface area contributed by atoms with Crippen molar-refractivity contribution in [1.82, 2.24) is 0 Å². The molecule has 0 radical (unpaired) electrons. The van der Waals surface area contributed by atoms with Crippen molar-refractivity contribution in [3.63, 3.8) is 0 Å². The normalized spacial score (nSPS) is 37.9. The average Bonchev–Trinajstić information content (AvgIpc) is 2.28. The molecule has 0 spiro atoms. The van der Waals surface area contributed by atoms with Gasteiger partial charge in [0, 0.05) is 6.42 Å². The lowest BCUT2D eigenvalue weighted by Gasteiger charge is -2.07. The number of ether oxygens (including phenoxy) is 1. The fraction of sp³-hybridized carbons (Fsp3) is 1.00. The minimum atomic E-state index is -0.947. The number of hydrogen-bond donors (Lipinski definition) is 2. The second-order valence-electron chi connectivity index (χ2n) is 3.09. The standard InChI is InChI=1S/C8H16O3/c1-2-3-4-6-5-7(9)8(10)11-6/h6-10H,2-5H2,1H3/t6-,7-,8?/m1/s1. The number of aliphatic hydroxyl groups excluding tert-OH is 2. The molecule has 0 bridgehead atoms. The average molecular weight is 160 g/mol.